The van der Waals surface area contributed by atoms with Gasteiger partial charge in [-0.1, -0.05) is 23.5 Å². The van der Waals surface area contributed by atoms with Gasteiger partial charge in [0.25, 0.3) is 0 Å². The Labute approximate surface area is 154 Å². The van der Waals surface area contributed by atoms with Gasteiger partial charge in [0, 0.05) is 31.2 Å². The molecule has 1 aliphatic rings. The third-order valence-corrected chi connectivity index (χ3v) is 5.37. The summed E-state index contributed by atoms with van der Waals surface area (Å²) in [5, 5.41) is 13.5. The number of para-hydroxylation sites is 1. The van der Waals surface area contributed by atoms with Crippen molar-refractivity contribution in [3.63, 3.8) is 0 Å². The Morgan fingerprint density at radius 2 is 2.35 bits per heavy atom. The molecule has 8 heteroatoms. The molecule has 3 aromatic rings. The molecule has 1 N–H and O–H groups in total. The minimum atomic E-state index is -0.0863. The van der Waals surface area contributed by atoms with E-state index in [4.69, 9.17) is 9.47 Å². The number of carbonyl (C=O) groups excluding carboxylic acids is 1. The molecule has 0 saturated carbocycles. The Morgan fingerprint density at radius 3 is 3.15 bits per heavy atom. The lowest BCUT2D eigenvalue weighted by Crippen LogP contribution is -2.14. The summed E-state index contributed by atoms with van der Waals surface area (Å²) in [6, 6.07) is 7.93. The number of fused-ring (bicyclic) bond motifs is 1. The van der Waals surface area contributed by atoms with Crippen molar-refractivity contribution in [3.8, 4) is 5.75 Å². The van der Waals surface area contributed by atoms with E-state index in [-0.39, 0.29) is 12.0 Å². The summed E-state index contributed by atoms with van der Waals surface area (Å²) in [6.07, 6.45) is 4.35. The molecule has 1 amide bonds. The third-order valence-electron chi connectivity index (χ3n) is 4.44. The van der Waals surface area contributed by atoms with Gasteiger partial charge < -0.3 is 19.4 Å². The Balaban J connectivity index is 1.38. The molecule has 0 aliphatic carbocycles. The van der Waals surface area contributed by atoms with E-state index in [2.05, 4.69) is 15.5 Å². The maximum atomic E-state index is 12.3. The van der Waals surface area contributed by atoms with Crippen molar-refractivity contribution in [3.05, 3.63) is 35.5 Å². The van der Waals surface area contributed by atoms with Crippen LogP contribution in [0.3, 0.4) is 0 Å². The number of carbonyl (C=O) groups is 1. The fourth-order valence-corrected chi connectivity index (χ4v) is 4.01. The average molecular weight is 372 g/mol. The summed E-state index contributed by atoms with van der Waals surface area (Å²) < 4.78 is 13.1. The summed E-state index contributed by atoms with van der Waals surface area (Å²) in [4.78, 5) is 12.3. The zero-order valence-electron chi connectivity index (χ0n) is 14.5. The van der Waals surface area contributed by atoms with E-state index < -0.39 is 0 Å². The molecule has 26 heavy (non-hydrogen) atoms. The summed E-state index contributed by atoms with van der Waals surface area (Å²) in [5.74, 6) is 0.718. The predicted molar refractivity (Wildman–Crippen MR) is 99.6 cm³/mol. The van der Waals surface area contributed by atoms with Crippen molar-refractivity contribution >= 4 is 33.3 Å². The molecular formula is C18H20N4O3S. The molecular weight excluding hydrogens is 352 g/mol. The van der Waals surface area contributed by atoms with Crippen LogP contribution >= 0.6 is 11.3 Å². The largest absolute Gasteiger partial charge is 0.495 e. The standard InChI is InChI=1S/C18H20N4O3S/c1-24-13-5-2-4-12-7-9-22(16(12)13)10-8-15(23)19-18-21-20-17(26-18)14-6-3-11-25-14/h2,4-5,7,9,14H,3,6,8,10-11H2,1H3,(H,19,21,23)/t14-/m1/s1. The van der Waals surface area contributed by atoms with Crippen LogP contribution in [0.15, 0.2) is 30.5 Å². The molecule has 4 rings (SSSR count). The van der Waals surface area contributed by atoms with E-state index in [1.54, 1.807) is 7.11 Å². The molecule has 0 bridgehead atoms. The SMILES string of the molecule is COc1cccc2ccn(CCC(=O)Nc3nnc([C@H]4CCCO4)s3)c12. The summed E-state index contributed by atoms with van der Waals surface area (Å²) >= 11 is 1.38. The van der Waals surface area contributed by atoms with Gasteiger partial charge >= 0.3 is 0 Å². The first-order valence-corrected chi connectivity index (χ1v) is 9.43. The second-order valence-electron chi connectivity index (χ2n) is 6.15. The number of hydrogen-bond donors (Lipinski definition) is 1. The van der Waals surface area contributed by atoms with E-state index in [0.717, 1.165) is 41.1 Å². The predicted octanol–water partition coefficient (Wildman–Crippen LogP) is 3.38. The van der Waals surface area contributed by atoms with Crippen LogP contribution in [0, 0.1) is 0 Å². The van der Waals surface area contributed by atoms with Gasteiger partial charge in [-0.2, -0.15) is 0 Å². The number of aromatic nitrogens is 3. The van der Waals surface area contributed by atoms with Gasteiger partial charge in [-0.3, -0.25) is 4.79 Å². The summed E-state index contributed by atoms with van der Waals surface area (Å²) in [7, 11) is 1.65. The number of nitrogens with zero attached hydrogens (tertiary/aromatic N) is 3. The second-order valence-corrected chi connectivity index (χ2v) is 7.16. The Bertz CT molecular complexity index is 914. The molecule has 1 atom stereocenters. The van der Waals surface area contributed by atoms with E-state index in [1.165, 1.54) is 11.3 Å². The molecule has 1 saturated heterocycles. The lowest BCUT2D eigenvalue weighted by atomic mass is 10.2. The topological polar surface area (TPSA) is 78.3 Å². The molecule has 0 unspecified atom stereocenters. The monoisotopic (exact) mass is 372 g/mol. The van der Waals surface area contributed by atoms with E-state index in [9.17, 15) is 4.79 Å². The fourth-order valence-electron chi connectivity index (χ4n) is 3.17. The molecule has 1 aliphatic heterocycles. The number of amides is 1. The number of rotatable bonds is 6. The highest BCUT2D eigenvalue weighted by molar-refractivity contribution is 7.15. The maximum absolute atomic E-state index is 12.3. The molecule has 136 valence electrons. The van der Waals surface area contributed by atoms with Gasteiger partial charge in [0.1, 0.15) is 16.9 Å². The minimum absolute atomic E-state index is 0.0249. The zero-order valence-corrected chi connectivity index (χ0v) is 15.3. The number of benzene rings is 1. The minimum Gasteiger partial charge on any atom is -0.495 e. The first kappa shape index (κ1) is 17.0. The molecule has 3 heterocycles. The number of hydrogen-bond acceptors (Lipinski definition) is 6. The van der Waals surface area contributed by atoms with Crippen LogP contribution in [0.1, 0.15) is 30.4 Å². The summed E-state index contributed by atoms with van der Waals surface area (Å²) in [6.45, 7) is 1.33. The Hall–Kier alpha value is -2.45. The van der Waals surface area contributed by atoms with Gasteiger partial charge in [0.2, 0.25) is 11.0 Å². The lowest BCUT2D eigenvalue weighted by Gasteiger charge is -2.08. The quantitative estimate of drug-likeness (QED) is 0.718. The highest BCUT2D eigenvalue weighted by Gasteiger charge is 2.22. The van der Waals surface area contributed by atoms with Crippen molar-refractivity contribution in [1.29, 1.82) is 0 Å². The van der Waals surface area contributed by atoms with Gasteiger partial charge in [-0.25, -0.2) is 0 Å². The lowest BCUT2D eigenvalue weighted by molar-refractivity contribution is -0.116. The normalized spacial score (nSPS) is 16.9. The van der Waals surface area contributed by atoms with Crippen molar-refractivity contribution in [2.24, 2.45) is 0 Å². The van der Waals surface area contributed by atoms with Gasteiger partial charge in [-0.05, 0) is 25.0 Å². The molecule has 0 spiro atoms. The van der Waals surface area contributed by atoms with E-state index in [1.807, 2.05) is 35.0 Å². The first-order chi connectivity index (χ1) is 12.7. The number of ether oxygens (including phenoxy) is 2. The number of nitrogens with one attached hydrogen (secondary N) is 1. The number of anilines is 1. The van der Waals surface area contributed by atoms with Crippen LogP contribution in [0.25, 0.3) is 10.9 Å². The average Bonchev–Trinajstić information content (AvgIpc) is 3.39. The van der Waals surface area contributed by atoms with Crippen LogP contribution in [0.2, 0.25) is 0 Å². The Kier molecular flexibility index (Phi) is 4.85. The number of methoxy groups -OCH3 is 1. The highest BCUT2D eigenvalue weighted by Crippen LogP contribution is 2.32. The summed E-state index contributed by atoms with van der Waals surface area (Å²) in [5.41, 5.74) is 0.999. The van der Waals surface area contributed by atoms with Gasteiger partial charge in [0.15, 0.2) is 0 Å². The van der Waals surface area contributed by atoms with E-state index in [0.29, 0.717) is 18.1 Å². The molecule has 1 aromatic carbocycles. The van der Waals surface area contributed by atoms with Crippen LogP contribution in [-0.2, 0) is 16.1 Å². The van der Waals surface area contributed by atoms with Crippen LogP contribution in [0.4, 0.5) is 5.13 Å². The Morgan fingerprint density at radius 1 is 1.42 bits per heavy atom. The van der Waals surface area contributed by atoms with Crippen molar-refractivity contribution in [2.45, 2.75) is 31.9 Å². The van der Waals surface area contributed by atoms with E-state index >= 15 is 0 Å². The molecule has 2 aromatic heterocycles. The van der Waals surface area contributed by atoms with Crippen LogP contribution < -0.4 is 10.1 Å². The van der Waals surface area contributed by atoms with Gasteiger partial charge in [0.05, 0.1) is 12.6 Å². The zero-order chi connectivity index (χ0) is 17.9. The third kappa shape index (κ3) is 3.42. The maximum Gasteiger partial charge on any atom is 0.227 e. The van der Waals surface area contributed by atoms with Crippen LogP contribution in [0.5, 0.6) is 5.75 Å². The smallest absolute Gasteiger partial charge is 0.227 e. The molecule has 0 radical (unpaired) electrons. The van der Waals surface area contributed by atoms with Crippen molar-refractivity contribution in [2.75, 3.05) is 19.0 Å². The number of aryl methyl sites for hydroxylation is 1. The van der Waals surface area contributed by atoms with Crippen molar-refractivity contribution in [1.82, 2.24) is 14.8 Å². The van der Waals surface area contributed by atoms with Crippen molar-refractivity contribution < 1.29 is 14.3 Å². The second kappa shape index (κ2) is 7.43. The van der Waals surface area contributed by atoms with Crippen LogP contribution in [-0.4, -0.2) is 34.4 Å². The molecule has 7 nitrogen and oxygen atoms in total. The molecule has 1 fully saturated rings. The fraction of sp³-hybridized carbons (Fsp3) is 0.389. The first-order valence-electron chi connectivity index (χ1n) is 8.61. The van der Waals surface area contributed by atoms with Gasteiger partial charge in [-0.15, -0.1) is 10.2 Å². The highest BCUT2D eigenvalue weighted by atomic mass is 32.1.